The average molecular weight is 597 g/mol. The number of piperazine rings is 1. The highest BCUT2D eigenvalue weighted by molar-refractivity contribution is 9.10. The van der Waals surface area contributed by atoms with Crippen LogP contribution in [0.2, 0.25) is 5.02 Å². The van der Waals surface area contributed by atoms with Gasteiger partial charge in [0.1, 0.15) is 10.8 Å². The molecule has 2 aliphatic heterocycles. The summed E-state index contributed by atoms with van der Waals surface area (Å²) in [5, 5.41) is 6.94. The lowest BCUT2D eigenvalue weighted by Crippen LogP contribution is -2.50. The zero-order valence-electron chi connectivity index (χ0n) is 19.4. The van der Waals surface area contributed by atoms with Crippen molar-refractivity contribution in [2.75, 3.05) is 31.5 Å². The summed E-state index contributed by atoms with van der Waals surface area (Å²) < 4.78 is 43.8. The molecule has 37 heavy (non-hydrogen) atoms. The number of amides is 2. The summed E-state index contributed by atoms with van der Waals surface area (Å²) in [7, 11) is 0. The first-order chi connectivity index (χ1) is 17.6. The van der Waals surface area contributed by atoms with Gasteiger partial charge < -0.3 is 15.1 Å². The van der Waals surface area contributed by atoms with Crippen molar-refractivity contribution in [3.8, 4) is 0 Å². The van der Waals surface area contributed by atoms with Crippen LogP contribution >= 0.6 is 27.5 Å². The second-order valence-corrected chi connectivity index (χ2v) is 10.2. The lowest BCUT2D eigenvalue weighted by Gasteiger charge is -2.34. The minimum atomic E-state index is -4.59. The van der Waals surface area contributed by atoms with Crippen LogP contribution in [0, 0.1) is 0 Å². The van der Waals surface area contributed by atoms with Crippen molar-refractivity contribution >= 4 is 45.2 Å². The van der Waals surface area contributed by atoms with E-state index < -0.39 is 24.2 Å². The zero-order chi connectivity index (χ0) is 26.3. The van der Waals surface area contributed by atoms with Crippen LogP contribution in [0.1, 0.15) is 44.9 Å². The average Bonchev–Trinajstić information content (AvgIpc) is 3.24. The van der Waals surface area contributed by atoms with Gasteiger partial charge in [0.15, 0.2) is 11.7 Å². The molecule has 7 nitrogen and oxygen atoms in total. The van der Waals surface area contributed by atoms with Crippen LogP contribution < -0.4 is 5.32 Å². The lowest BCUT2D eigenvalue weighted by atomic mass is 9.97. The Hall–Kier alpha value is -3.05. The topological polar surface area (TPSA) is 70.5 Å². The fraction of sp³-hybridized carbons (Fsp3) is 0.320. The monoisotopic (exact) mass is 595 g/mol. The van der Waals surface area contributed by atoms with Gasteiger partial charge in [0, 0.05) is 42.6 Å². The van der Waals surface area contributed by atoms with E-state index in [4.69, 9.17) is 11.6 Å². The summed E-state index contributed by atoms with van der Waals surface area (Å²) in [5.41, 5.74) is 0.974. The minimum absolute atomic E-state index is 0.0376. The number of nitrogens with zero attached hydrogens (tertiary/aromatic N) is 4. The van der Waals surface area contributed by atoms with Crippen molar-refractivity contribution in [1.82, 2.24) is 19.6 Å². The van der Waals surface area contributed by atoms with Crippen molar-refractivity contribution in [3.05, 3.63) is 80.9 Å². The number of hydrogen-bond donors (Lipinski definition) is 1. The van der Waals surface area contributed by atoms with Crippen LogP contribution in [0.5, 0.6) is 0 Å². The normalized spacial score (nSPS) is 19.8. The van der Waals surface area contributed by atoms with Crippen molar-refractivity contribution in [3.63, 3.8) is 0 Å². The quantitative estimate of drug-likeness (QED) is 0.430. The molecule has 5 rings (SSSR count). The molecule has 1 fully saturated rings. The molecule has 2 amide bonds. The third-order valence-corrected chi connectivity index (χ3v) is 7.53. The van der Waals surface area contributed by atoms with Gasteiger partial charge in [-0.2, -0.15) is 18.3 Å². The molecule has 2 atom stereocenters. The molecule has 0 spiro atoms. The van der Waals surface area contributed by atoms with E-state index in [2.05, 4.69) is 26.3 Å². The Morgan fingerprint density at radius 2 is 1.54 bits per heavy atom. The Bertz CT molecular complexity index is 1310. The molecular weight excluding hydrogens is 575 g/mol. The summed E-state index contributed by atoms with van der Waals surface area (Å²) in [6.45, 7) is 1.01. The number of fused-ring (bicyclic) bond motifs is 1. The first-order valence-electron chi connectivity index (χ1n) is 11.6. The van der Waals surface area contributed by atoms with E-state index in [0.29, 0.717) is 24.2 Å². The summed E-state index contributed by atoms with van der Waals surface area (Å²) in [5.74, 6) is -0.745. The van der Waals surface area contributed by atoms with Crippen LogP contribution in [0.3, 0.4) is 0 Å². The predicted molar refractivity (Wildman–Crippen MR) is 136 cm³/mol. The molecule has 3 aromatic rings. The van der Waals surface area contributed by atoms with E-state index in [1.165, 1.54) is 4.90 Å². The highest BCUT2D eigenvalue weighted by atomic mass is 79.9. The van der Waals surface area contributed by atoms with Crippen LogP contribution in [0.25, 0.3) is 0 Å². The molecule has 0 saturated carbocycles. The largest absolute Gasteiger partial charge is 0.410 e. The van der Waals surface area contributed by atoms with E-state index in [1.54, 1.807) is 53.4 Å². The van der Waals surface area contributed by atoms with Crippen molar-refractivity contribution in [2.24, 2.45) is 0 Å². The molecule has 194 valence electrons. The summed E-state index contributed by atoms with van der Waals surface area (Å²) in [6.07, 6.45) is -4.90. The Morgan fingerprint density at radius 1 is 0.946 bits per heavy atom. The van der Waals surface area contributed by atoms with E-state index >= 15 is 0 Å². The molecule has 1 saturated heterocycles. The molecule has 12 heteroatoms. The zero-order valence-corrected chi connectivity index (χ0v) is 21.7. The molecular formula is C25H22BrClF3N5O2. The number of halogens is 5. The summed E-state index contributed by atoms with van der Waals surface area (Å²) in [6, 6.07) is 13.2. The molecule has 1 N–H and O–H groups in total. The molecule has 0 radical (unpaired) electrons. The summed E-state index contributed by atoms with van der Waals surface area (Å²) >= 11 is 9.81. The first kappa shape index (κ1) is 25.6. The van der Waals surface area contributed by atoms with E-state index in [0.717, 1.165) is 9.15 Å². The Balaban J connectivity index is 1.36. The van der Waals surface area contributed by atoms with E-state index in [9.17, 15) is 22.8 Å². The molecule has 0 aliphatic carbocycles. The third-order valence-electron chi connectivity index (χ3n) is 6.65. The van der Waals surface area contributed by atoms with Gasteiger partial charge in [-0.1, -0.05) is 57.9 Å². The smallest absolute Gasteiger partial charge is 0.362 e. The van der Waals surface area contributed by atoms with Gasteiger partial charge in [0.25, 0.3) is 11.8 Å². The number of benzene rings is 2. The number of nitrogens with one attached hydrogen (secondary N) is 1. The van der Waals surface area contributed by atoms with Gasteiger partial charge in [-0.05, 0) is 29.8 Å². The molecule has 0 unspecified atom stereocenters. The Morgan fingerprint density at radius 3 is 2.14 bits per heavy atom. The van der Waals surface area contributed by atoms with Gasteiger partial charge >= 0.3 is 6.18 Å². The molecule has 2 aromatic carbocycles. The van der Waals surface area contributed by atoms with Crippen LogP contribution in [-0.4, -0.2) is 63.7 Å². The van der Waals surface area contributed by atoms with Crippen molar-refractivity contribution in [1.29, 1.82) is 0 Å². The van der Waals surface area contributed by atoms with E-state index in [-0.39, 0.29) is 42.0 Å². The maximum absolute atomic E-state index is 14.1. The van der Waals surface area contributed by atoms with Gasteiger partial charge in [-0.3, -0.25) is 9.59 Å². The fourth-order valence-electron chi connectivity index (χ4n) is 4.67. The second kappa shape index (κ2) is 10.0. The molecule has 1 aromatic heterocycles. The lowest BCUT2D eigenvalue weighted by molar-refractivity contribution is -0.173. The number of hydrogen-bond acceptors (Lipinski definition) is 4. The standard InChI is InChI=1S/C25H22BrClF3N5O2/c26-17-8-6-15(7-9-17)18-14-19(25(28,29)30)35-22(31-18)20(27)21(32-35)24(37)34-12-10-33(11-13-34)23(36)16-4-2-1-3-5-16/h1-9,18-19,31H,10-14H2/t18-,19+/m0/s1. The SMILES string of the molecule is O=C(c1ccccc1)N1CCN(C(=O)c2nn3c(c2Cl)N[C@H](c2ccc(Br)cc2)C[C@@H]3C(F)(F)F)CC1. The third kappa shape index (κ3) is 5.06. The van der Waals surface area contributed by atoms with Crippen LogP contribution in [0.4, 0.5) is 19.0 Å². The van der Waals surface area contributed by atoms with E-state index in [1.807, 2.05) is 6.07 Å². The highest BCUT2D eigenvalue weighted by Crippen LogP contribution is 2.46. The number of rotatable bonds is 3. The Labute approximate surface area is 224 Å². The molecule has 0 bridgehead atoms. The van der Waals surface area contributed by atoms with Crippen LogP contribution in [-0.2, 0) is 0 Å². The summed E-state index contributed by atoms with van der Waals surface area (Å²) in [4.78, 5) is 29.1. The first-order valence-corrected chi connectivity index (χ1v) is 12.8. The number of carbonyl (C=O) groups excluding carboxylic acids is 2. The maximum Gasteiger partial charge on any atom is 0.410 e. The van der Waals surface area contributed by atoms with Gasteiger partial charge in [0.2, 0.25) is 0 Å². The van der Waals surface area contributed by atoms with Crippen molar-refractivity contribution in [2.45, 2.75) is 24.7 Å². The molecule has 2 aliphatic rings. The van der Waals surface area contributed by atoms with Gasteiger partial charge in [-0.25, -0.2) is 4.68 Å². The van der Waals surface area contributed by atoms with Crippen molar-refractivity contribution < 1.29 is 22.8 Å². The fourth-order valence-corrected chi connectivity index (χ4v) is 5.19. The Kier molecular flexibility index (Phi) is 6.93. The minimum Gasteiger partial charge on any atom is -0.362 e. The predicted octanol–water partition coefficient (Wildman–Crippen LogP) is 5.56. The number of carbonyl (C=O) groups is 2. The molecule has 3 heterocycles. The van der Waals surface area contributed by atoms with Gasteiger partial charge in [0.05, 0.1) is 6.04 Å². The highest BCUT2D eigenvalue weighted by Gasteiger charge is 2.48. The number of anilines is 1. The number of alkyl halides is 3. The number of aromatic nitrogens is 2. The van der Waals surface area contributed by atoms with Crippen LogP contribution in [0.15, 0.2) is 59.1 Å². The maximum atomic E-state index is 14.1. The second-order valence-electron chi connectivity index (χ2n) is 8.95. The van der Waals surface area contributed by atoms with Gasteiger partial charge in [-0.15, -0.1) is 0 Å².